The van der Waals surface area contributed by atoms with Crippen LogP contribution >= 0.6 is 11.6 Å². The Hall–Kier alpha value is -6.10. The molecule has 0 aliphatic carbocycles. The van der Waals surface area contributed by atoms with Crippen molar-refractivity contribution in [2.75, 3.05) is 13.7 Å². The minimum atomic E-state index is -4.59. The van der Waals surface area contributed by atoms with Crippen LogP contribution in [0.3, 0.4) is 0 Å². The Bertz CT molecular complexity index is 2990. The molecule has 0 N–H and O–H groups in total. The first-order valence-corrected chi connectivity index (χ1v) is 21.0. The van der Waals surface area contributed by atoms with Gasteiger partial charge in [0, 0.05) is 65.1 Å². The molecule has 0 saturated carbocycles. The number of ether oxygens (including phenoxy) is 2. The number of nitro groups is 1. The molecule has 60 heavy (non-hydrogen) atoms. The van der Waals surface area contributed by atoms with Crippen LogP contribution in [-0.2, 0) is 61.3 Å². The monoisotopic (exact) mass is 853 g/mol. The number of hydrogen-bond donors (Lipinski definition) is 0. The highest BCUT2D eigenvalue weighted by molar-refractivity contribution is 7.89. The predicted molar refractivity (Wildman–Crippen MR) is 224 cm³/mol. The van der Waals surface area contributed by atoms with Crippen LogP contribution in [0.4, 0.5) is 10.1 Å². The number of benzene rings is 4. The van der Waals surface area contributed by atoms with Crippen molar-refractivity contribution in [2.24, 2.45) is 14.1 Å². The maximum Gasteiger partial charge on any atom is 0.354 e. The Labute approximate surface area is 349 Å². The highest BCUT2D eigenvalue weighted by Crippen LogP contribution is 2.43. The first-order valence-electron chi connectivity index (χ1n) is 19.2. The maximum atomic E-state index is 15.4. The van der Waals surface area contributed by atoms with Gasteiger partial charge in [-0.25, -0.2) is 17.6 Å². The van der Waals surface area contributed by atoms with Crippen LogP contribution in [0.15, 0.2) is 77.7 Å². The third-order valence-corrected chi connectivity index (χ3v) is 13.4. The molecule has 7 aromatic rings. The summed E-state index contributed by atoms with van der Waals surface area (Å²) in [6.07, 6.45) is 1.45. The lowest BCUT2D eigenvalue weighted by Gasteiger charge is -2.21. The minimum Gasteiger partial charge on any atom is -0.493 e. The lowest BCUT2D eigenvalue weighted by Crippen LogP contribution is -2.31. The van der Waals surface area contributed by atoms with E-state index in [-0.39, 0.29) is 19.7 Å². The fraction of sp³-hybridized carbons (Fsp3) is 0.279. The van der Waals surface area contributed by atoms with Crippen LogP contribution in [0.1, 0.15) is 50.8 Å². The van der Waals surface area contributed by atoms with Crippen molar-refractivity contribution in [1.29, 1.82) is 0 Å². The molecule has 14 nitrogen and oxygen atoms in total. The number of nitrogens with zero attached hydrogens (tertiary/aromatic N) is 7. The van der Waals surface area contributed by atoms with Gasteiger partial charge in [0.05, 0.1) is 48.5 Å². The highest BCUT2D eigenvalue weighted by atomic mass is 35.5. The van der Waals surface area contributed by atoms with Gasteiger partial charge < -0.3 is 14.0 Å². The molecular weight excluding hydrogens is 813 g/mol. The quantitative estimate of drug-likeness (QED) is 0.0973. The molecule has 8 bridgehead atoms. The Morgan fingerprint density at radius 3 is 2.50 bits per heavy atom. The van der Waals surface area contributed by atoms with Crippen LogP contribution in [0.5, 0.6) is 5.75 Å². The number of halogens is 2. The van der Waals surface area contributed by atoms with Gasteiger partial charge in [-0.2, -0.15) is 14.5 Å². The second-order valence-electron chi connectivity index (χ2n) is 14.8. The SMILES string of the molecule is COC(=O)c1c(C)c2c3c(Cl)ccc2n1CCCOc1cc(cc2cccc(F)c12)CCc1cc(nn1C)CN(S(=O)(=O)c1ccccc1[N+](=O)[O-])Cc1nn(C)c(C)c1-3. The van der Waals surface area contributed by atoms with Crippen LogP contribution < -0.4 is 4.74 Å². The molecule has 0 atom stereocenters. The molecule has 0 saturated heterocycles. The van der Waals surface area contributed by atoms with Crippen molar-refractivity contribution in [1.82, 2.24) is 28.4 Å². The summed E-state index contributed by atoms with van der Waals surface area (Å²) in [4.78, 5) is 24.6. The number of fused-ring (bicyclic) bond motifs is 8. The van der Waals surface area contributed by atoms with E-state index in [1.54, 1.807) is 42.5 Å². The Kier molecular flexibility index (Phi) is 10.7. The van der Waals surface area contributed by atoms with Gasteiger partial charge in [0.25, 0.3) is 15.7 Å². The van der Waals surface area contributed by atoms with Gasteiger partial charge in [-0.1, -0.05) is 41.9 Å². The summed E-state index contributed by atoms with van der Waals surface area (Å²) in [7, 11) is 0.213. The Morgan fingerprint density at radius 1 is 0.950 bits per heavy atom. The van der Waals surface area contributed by atoms with Gasteiger partial charge in [-0.05, 0) is 86.0 Å². The molecule has 4 aromatic carbocycles. The second-order valence-corrected chi connectivity index (χ2v) is 17.2. The fourth-order valence-electron chi connectivity index (χ4n) is 8.32. The van der Waals surface area contributed by atoms with E-state index in [0.717, 1.165) is 21.6 Å². The second kappa shape index (κ2) is 15.8. The average Bonchev–Trinajstić information content (AvgIpc) is 3.82. The van der Waals surface area contributed by atoms with Crippen LogP contribution in [0.2, 0.25) is 5.02 Å². The number of aromatic nitrogens is 5. The summed E-state index contributed by atoms with van der Waals surface area (Å²) in [6, 6.07) is 19.2. The van der Waals surface area contributed by atoms with Gasteiger partial charge >= 0.3 is 5.97 Å². The number of carbonyl (C=O) groups excluding carboxylic acids is 1. The number of methoxy groups -OCH3 is 1. The minimum absolute atomic E-state index is 0.202. The van der Waals surface area contributed by atoms with E-state index in [0.29, 0.717) is 97.7 Å². The van der Waals surface area contributed by atoms with Gasteiger partial charge in [0.1, 0.15) is 17.3 Å². The smallest absolute Gasteiger partial charge is 0.354 e. The standard InChI is InChI=1S/C43H41ClFN7O7S/c1-25-38-35-17-16-31(44)41(38)39-26(2)48(3)47-33(39)24-50(60(56,57)37-13-7-6-12-34(37)52(54)55)23-29-22-30(49(4)46-29)15-14-27-20-28-10-8-11-32(45)40(28)36(21-27)59-19-9-18-51(35)42(25)43(53)58-5/h6-8,10-13,16-17,20-22H,9,14-15,18-19,23-24H2,1-5H3. The van der Waals surface area contributed by atoms with Crippen LogP contribution in [0, 0.1) is 29.8 Å². The number of carbonyl (C=O) groups is 1. The van der Waals surface area contributed by atoms with Crippen molar-refractivity contribution in [2.45, 2.75) is 57.6 Å². The molecule has 4 heterocycles. The van der Waals surface area contributed by atoms with Gasteiger partial charge in [-0.15, -0.1) is 0 Å². The molecule has 1 aliphatic heterocycles. The van der Waals surface area contributed by atoms with E-state index >= 15 is 4.39 Å². The molecule has 0 amide bonds. The molecule has 0 fully saturated rings. The van der Waals surface area contributed by atoms with Gasteiger partial charge in [0.15, 0.2) is 4.90 Å². The van der Waals surface area contributed by atoms with E-state index in [9.17, 15) is 23.3 Å². The third kappa shape index (κ3) is 7.07. The molecule has 310 valence electrons. The summed E-state index contributed by atoms with van der Waals surface area (Å²) in [5.74, 6) is -0.587. The molecular formula is C43H41ClFN7O7S. The van der Waals surface area contributed by atoms with Crippen molar-refractivity contribution in [3.63, 3.8) is 0 Å². The molecule has 17 heteroatoms. The van der Waals surface area contributed by atoms with Crippen molar-refractivity contribution < 1.29 is 32.0 Å². The van der Waals surface area contributed by atoms with E-state index in [4.69, 9.17) is 31.3 Å². The van der Waals surface area contributed by atoms with Crippen molar-refractivity contribution >= 4 is 55.0 Å². The number of nitro benzene ring substituents is 1. The Morgan fingerprint density at radius 2 is 1.73 bits per heavy atom. The molecule has 3 aromatic heterocycles. The summed E-state index contributed by atoms with van der Waals surface area (Å²) in [5, 5.41) is 23.7. The zero-order valence-corrected chi connectivity index (χ0v) is 35.1. The number of aryl methyl sites for hydroxylation is 6. The molecule has 8 rings (SSSR count). The van der Waals surface area contributed by atoms with E-state index < -0.39 is 37.3 Å². The molecule has 1 aliphatic rings. The van der Waals surface area contributed by atoms with Gasteiger partial charge in [0.2, 0.25) is 0 Å². The third-order valence-electron chi connectivity index (χ3n) is 11.2. The van der Waals surface area contributed by atoms with Crippen LogP contribution in [0.25, 0.3) is 32.8 Å². The van der Waals surface area contributed by atoms with Crippen LogP contribution in [-0.4, -0.2) is 61.5 Å². The van der Waals surface area contributed by atoms with E-state index in [1.807, 2.05) is 41.8 Å². The number of rotatable bonds is 4. The Balaban J connectivity index is 1.36. The first kappa shape index (κ1) is 40.7. The normalized spacial score (nSPS) is 14.2. The largest absolute Gasteiger partial charge is 0.493 e. The summed E-state index contributed by atoms with van der Waals surface area (Å²) in [6.45, 7) is 3.58. The summed E-state index contributed by atoms with van der Waals surface area (Å²) >= 11 is 7.11. The molecule has 0 unspecified atom stereocenters. The number of esters is 1. The first-order chi connectivity index (χ1) is 28.7. The van der Waals surface area contributed by atoms with Gasteiger partial charge in [-0.3, -0.25) is 19.5 Å². The van der Waals surface area contributed by atoms with E-state index in [2.05, 4.69) is 0 Å². The highest BCUT2D eigenvalue weighted by Gasteiger charge is 2.35. The molecule has 0 radical (unpaired) electrons. The number of sulfonamides is 1. The zero-order valence-electron chi connectivity index (χ0n) is 33.5. The summed E-state index contributed by atoms with van der Waals surface area (Å²) < 4.78 is 62.8. The lowest BCUT2D eigenvalue weighted by molar-refractivity contribution is -0.387. The zero-order chi connectivity index (χ0) is 42.6. The maximum absolute atomic E-state index is 15.4. The number of hydrogen-bond acceptors (Lipinski definition) is 9. The lowest BCUT2D eigenvalue weighted by atomic mass is 9.96. The fourth-order valence-corrected chi connectivity index (χ4v) is 10.1. The predicted octanol–water partition coefficient (Wildman–Crippen LogP) is 7.99. The summed E-state index contributed by atoms with van der Waals surface area (Å²) in [5.41, 5.74) is 5.11. The van der Waals surface area contributed by atoms with E-state index in [1.165, 1.54) is 31.4 Å². The van der Waals surface area contributed by atoms with Crippen molar-refractivity contribution in [3.05, 3.63) is 133 Å². The number of para-hydroxylation sites is 1. The topological polar surface area (TPSA) is 157 Å². The van der Waals surface area contributed by atoms with Crippen molar-refractivity contribution in [3.8, 4) is 16.9 Å². The average molecular weight is 854 g/mol. The molecule has 0 spiro atoms.